The number of carboxylic acids is 1. The minimum atomic E-state index is -2.91. The third kappa shape index (κ3) is 5.29. The van der Waals surface area contributed by atoms with Crippen LogP contribution in [0.1, 0.15) is 21.7 Å². The first-order valence-corrected chi connectivity index (χ1v) is 8.02. The zero-order valence-electron chi connectivity index (χ0n) is 9.47. The van der Waals surface area contributed by atoms with Crippen molar-refractivity contribution in [3.8, 4) is 0 Å². The van der Waals surface area contributed by atoms with E-state index in [2.05, 4.69) is 5.32 Å². The molecule has 0 atom stereocenters. The molecule has 2 N–H and O–H groups in total. The fourth-order valence-electron chi connectivity index (χ4n) is 1.34. The highest BCUT2D eigenvalue weighted by Crippen LogP contribution is 2.16. The molecule has 0 amide bonds. The van der Waals surface area contributed by atoms with Gasteiger partial charge in [-0.2, -0.15) is 0 Å². The molecule has 0 saturated heterocycles. The summed E-state index contributed by atoms with van der Waals surface area (Å²) in [5, 5.41) is 13.6. The lowest BCUT2D eigenvalue weighted by atomic mass is 10.2. The Balaban J connectivity index is 2.32. The number of thiophene rings is 1. The third-order valence-electron chi connectivity index (χ3n) is 2.13. The molecule has 0 spiro atoms. The number of rotatable bonds is 7. The second-order valence-corrected chi connectivity index (χ2v) is 6.92. The van der Waals surface area contributed by atoms with Crippen LogP contribution in [0.25, 0.3) is 0 Å². The Morgan fingerprint density at radius 1 is 1.53 bits per heavy atom. The maximum atomic E-state index is 10.9. The highest BCUT2D eigenvalue weighted by molar-refractivity contribution is 7.90. The van der Waals surface area contributed by atoms with Crippen LogP contribution in [0, 0.1) is 0 Å². The van der Waals surface area contributed by atoms with Crippen LogP contribution >= 0.6 is 11.3 Å². The average molecular weight is 277 g/mol. The topological polar surface area (TPSA) is 83.5 Å². The van der Waals surface area contributed by atoms with Gasteiger partial charge in [0.2, 0.25) is 0 Å². The molecule has 0 fully saturated rings. The van der Waals surface area contributed by atoms with Gasteiger partial charge >= 0.3 is 5.97 Å². The molecule has 7 heteroatoms. The van der Waals surface area contributed by atoms with E-state index < -0.39 is 15.8 Å². The lowest BCUT2D eigenvalue weighted by molar-refractivity contribution is 0.0701. The van der Waals surface area contributed by atoms with Crippen molar-refractivity contribution in [1.82, 2.24) is 5.32 Å². The first kappa shape index (κ1) is 14.1. The zero-order valence-corrected chi connectivity index (χ0v) is 11.1. The SMILES string of the molecule is CS(=O)(=O)CCCNCc1ccsc1C(=O)O. The number of aromatic carboxylic acids is 1. The monoisotopic (exact) mass is 277 g/mol. The maximum absolute atomic E-state index is 10.9. The molecule has 1 rings (SSSR count). The van der Waals surface area contributed by atoms with Crippen molar-refractivity contribution in [2.24, 2.45) is 0 Å². The second kappa shape index (κ2) is 6.13. The standard InChI is InChI=1S/C10H15NO4S2/c1-17(14,15)6-2-4-11-7-8-3-5-16-9(8)10(12)13/h3,5,11H,2,4,6-7H2,1H3,(H,12,13). The molecular formula is C10H15NO4S2. The minimum absolute atomic E-state index is 0.148. The summed E-state index contributed by atoms with van der Waals surface area (Å²) in [5.74, 6) is -0.775. The molecule has 0 aromatic carbocycles. The van der Waals surface area contributed by atoms with E-state index in [9.17, 15) is 13.2 Å². The molecule has 1 heterocycles. The van der Waals surface area contributed by atoms with E-state index in [-0.39, 0.29) is 5.75 Å². The lowest BCUT2D eigenvalue weighted by Crippen LogP contribution is -2.18. The summed E-state index contributed by atoms with van der Waals surface area (Å²) in [6, 6.07) is 1.76. The largest absolute Gasteiger partial charge is 0.477 e. The van der Waals surface area contributed by atoms with E-state index in [4.69, 9.17) is 5.11 Å². The van der Waals surface area contributed by atoms with Crippen molar-refractivity contribution in [1.29, 1.82) is 0 Å². The van der Waals surface area contributed by atoms with Crippen LogP contribution in [0.4, 0.5) is 0 Å². The van der Waals surface area contributed by atoms with E-state index in [1.54, 1.807) is 11.4 Å². The van der Waals surface area contributed by atoms with E-state index in [0.29, 0.717) is 24.4 Å². The molecule has 0 radical (unpaired) electrons. The normalized spacial score (nSPS) is 11.6. The van der Waals surface area contributed by atoms with Gasteiger partial charge in [-0.25, -0.2) is 13.2 Å². The molecule has 0 saturated carbocycles. The third-order valence-corrected chi connectivity index (χ3v) is 4.10. The Morgan fingerprint density at radius 2 is 2.24 bits per heavy atom. The molecule has 0 aliphatic carbocycles. The van der Waals surface area contributed by atoms with Crippen LogP contribution in [0.15, 0.2) is 11.4 Å². The van der Waals surface area contributed by atoms with Crippen molar-refractivity contribution in [2.45, 2.75) is 13.0 Å². The maximum Gasteiger partial charge on any atom is 0.346 e. The van der Waals surface area contributed by atoms with Crippen LogP contribution in [-0.4, -0.2) is 38.0 Å². The molecule has 1 aromatic heterocycles. The molecule has 0 bridgehead atoms. The highest BCUT2D eigenvalue weighted by Gasteiger charge is 2.10. The highest BCUT2D eigenvalue weighted by atomic mass is 32.2. The van der Waals surface area contributed by atoms with Gasteiger partial charge in [-0.15, -0.1) is 11.3 Å². The van der Waals surface area contributed by atoms with Gasteiger partial charge in [0.05, 0.1) is 5.75 Å². The predicted octanol–water partition coefficient (Wildman–Crippen LogP) is 0.971. The van der Waals surface area contributed by atoms with Gasteiger partial charge in [-0.1, -0.05) is 0 Å². The number of carbonyl (C=O) groups is 1. The van der Waals surface area contributed by atoms with Crippen molar-refractivity contribution < 1.29 is 18.3 Å². The smallest absolute Gasteiger partial charge is 0.346 e. The Kier molecular flexibility index (Phi) is 5.10. The van der Waals surface area contributed by atoms with Gasteiger partial charge in [-0.3, -0.25) is 0 Å². The van der Waals surface area contributed by atoms with Crippen molar-refractivity contribution in [3.63, 3.8) is 0 Å². The van der Waals surface area contributed by atoms with Gasteiger partial charge in [0.25, 0.3) is 0 Å². The quantitative estimate of drug-likeness (QED) is 0.726. The molecule has 17 heavy (non-hydrogen) atoms. The summed E-state index contributed by atoms with van der Waals surface area (Å²) in [5.41, 5.74) is 0.738. The summed E-state index contributed by atoms with van der Waals surface area (Å²) in [4.78, 5) is 11.1. The number of carboxylic acid groups (broad SMARTS) is 1. The number of sulfone groups is 1. The summed E-state index contributed by atoms with van der Waals surface area (Å²) in [6.45, 7) is 1.01. The summed E-state index contributed by atoms with van der Waals surface area (Å²) in [7, 11) is -2.91. The van der Waals surface area contributed by atoms with Gasteiger partial charge in [-0.05, 0) is 30.0 Å². The predicted molar refractivity (Wildman–Crippen MR) is 67.3 cm³/mol. The fourth-order valence-corrected chi connectivity index (χ4v) is 2.77. The van der Waals surface area contributed by atoms with Crippen LogP contribution in [0.2, 0.25) is 0 Å². The van der Waals surface area contributed by atoms with Gasteiger partial charge in [0, 0.05) is 12.8 Å². The lowest BCUT2D eigenvalue weighted by Gasteiger charge is -2.03. The molecular weight excluding hydrogens is 262 g/mol. The first-order valence-electron chi connectivity index (χ1n) is 5.08. The summed E-state index contributed by atoms with van der Waals surface area (Å²) < 4.78 is 21.7. The number of hydrogen-bond donors (Lipinski definition) is 2. The van der Waals surface area contributed by atoms with Gasteiger partial charge in [0.15, 0.2) is 0 Å². The molecule has 0 unspecified atom stereocenters. The Labute approximate surface area is 104 Å². The van der Waals surface area contributed by atoms with Crippen molar-refractivity contribution in [2.75, 3.05) is 18.6 Å². The van der Waals surface area contributed by atoms with E-state index >= 15 is 0 Å². The van der Waals surface area contributed by atoms with Crippen molar-refractivity contribution >= 4 is 27.1 Å². The molecule has 0 aliphatic rings. The molecule has 0 aliphatic heterocycles. The van der Waals surface area contributed by atoms with E-state index in [0.717, 1.165) is 5.56 Å². The van der Waals surface area contributed by atoms with Crippen LogP contribution in [0.3, 0.4) is 0 Å². The molecule has 5 nitrogen and oxygen atoms in total. The molecule has 96 valence electrons. The van der Waals surface area contributed by atoms with E-state index in [1.165, 1.54) is 17.6 Å². The van der Waals surface area contributed by atoms with Gasteiger partial charge in [0.1, 0.15) is 14.7 Å². The molecule has 1 aromatic rings. The minimum Gasteiger partial charge on any atom is -0.477 e. The zero-order chi connectivity index (χ0) is 12.9. The Hall–Kier alpha value is -0.920. The van der Waals surface area contributed by atoms with Crippen LogP contribution in [-0.2, 0) is 16.4 Å². The van der Waals surface area contributed by atoms with Crippen LogP contribution < -0.4 is 5.32 Å². The van der Waals surface area contributed by atoms with Crippen LogP contribution in [0.5, 0.6) is 0 Å². The Morgan fingerprint density at radius 3 is 2.82 bits per heavy atom. The summed E-state index contributed by atoms with van der Waals surface area (Å²) >= 11 is 1.19. The van der Waals surface area contributed by atoms with Gasteiger partial charge < -0.3 is 10.4 Å². The van der Waals surface area contributed by atoms with Crippen molar-refractivity contribution in [3.05, 3.63) is 21.9 Å². The number of nitrogens with one attached hydrogen (secondary N) is 1. The fraction of sp³-hybridized carbons (Fsp3) is 0.500. The second-order valence-electron chi connectivity index (χ2n) is 3.74. The Bertz CT molecular complexity index is 478. The number of hydrogen-bond acceptors (Lipinski definition) is 5. The average Bonchev–Trinajstić information content (AvgIpc) is 2.63. The van der Waals surface area contributed by atoms with E-state index in [1.807, 2.05) is 0 Å². The summed E-state index contributed by atoms with van der Waals surface area (Å²) in [6.07, 6.45) is 1.74. The first-order chi connectivity index (χ1) is 7.90.